The molecule has 17 heavy (non-hydrogen) atoms. The third kappa shape index (κ3) is 5.72. The summed E-state index contributed by atoms with van der Waals surface area (Å²) in [7, 11) is 3.53. The molecule has 0 aliphatic rings. The van der Waals surface area contributed by atoms with Gasteiger partial charge in [-0.15, -0.1) is 11.8 Å². The fourth-order valence-corrected chi connectivity index (χ4v) is 1.67. The lowest BCUT2D eigenvalue weighted by Crippen LogP contribution is -2.38. The Morgan fingerprint density at radius 1 is 1.35 bits per heavy atom. The number of nitrogens with zero attached hydrogens (tertiary/aromatic N) is 1. The van der Waals surface area contributed by atoms with Gasteiger partial charge in [0.25, 0.3) is 5.91 Å². The molecule has 0 fully saturated rings. The van der Waals surface area contributed by atoms with E-state index in [-0.39, 0.29) is 12.5 Å². The first kappa shape index (κ1) is 14.0. The molecule has 0 radical (unpaired) electrons. The lowest BCUT2D eigenvalue weighted by Gasteiger charge is -2.11. The molecule has 0 aromatic heterocycles. The largest absolute Gasteiger partial charge is 0.367 e. The molecule has 4 nitrogen and oxygen atoms in total. The first-order chi connectivity index (χ1) is 8.11. The Balaban J connectivity index is 2.28. The summed E-state index contributed by atoms with van der Waals surface area (Å²) in [4.78, 5) is 12.5. The molecule has 0 heterocycles. The van der Waals surface area contributed by atoms with Crippen LogP contribution in [0, 0.1) is 0 Å². The van der Waals surface area contributed by atoms with Gasteiger partial charge in [-0.25, -0.2) is 5.01 Å². The smallest absolute Gasteiger partial charge is 0.260 e. The standard InChI is InChI=1S/C12H18N2O2S/c1-14(2)13-12(15)9-16-8-10-4-6-11(17-3)7-5-10/h4-7H,8-9H2,1-3H3,(H,13,15). The molecular formula is C12H18N2O2S. The van der Waals surface area contributed by atoms with Gasteiger partial charge >= 0.3 is 0 Å². The number of hydrogen-bond donors (Lipinski definition) is 1. The second-order valence-electron chi connectivity index (χ2n) is 3.77. The number of hydrogen-bond acceptors (Lipinski definition) is 4. The zero-order chi connectivity index (χ0) is 12.7. The van der Waals surface area contributed by atoms with Crippen LogP contribution in [0.2, 0.25) is 0 Å². The molecular weight excluding hydrogens is 236 g/mol. The average molecular weight is 254 g/mol. The lowest BCUT2D eigenvalue weighted by molar-refractivity contribution is -0.129. The molecule has 0 aliphatic heterocycles. The van der Waals surface area contributed by atoms with Crippen molar-refractivity contribution in [3.8, 4) is 0 Å². The van der Waals surface area contributed by atoms with Crippen molar-refractivity contribution >= 4 is 17.7 Å². The van der Waals surface area contributed by atoms with Crippen molar-refractivity contribution in [3.05, 3.63) is 29.8 Å². The summed E-state index contributed by atoms with van der Waals surface area (Å²) < 4.78 is 5.31. The highest BCUT2D eigenvalue weighted by molar-refractivity contribution is 7.98. The Morgan fingerprint density at radius 3 is 2.53 bits per heavy atom. The Labute approximate surface area is 106 Å². The van der Waals surface area contributed by atoms with Gasteiger partial charge in [-0.3, -0.25) is 10.2 Å². The van der Waals surface area contributed by atoms with Crippen molar-refractivity contribution in [2.45, 2.75) is 11.5 Å². The Morgan fingerprint density at radius 2 is 2.00 bits per heavy atom. The predicted molar refractivity (Wildman–Crippen MR) is 69.7 cm³/mol. The van der Waals surface area contributed by atoms with Crippen molar-refractivity contribution in [1.29, 1.82) is 0 Å². The number of carbonyl (C=O) groups excluding carboxylic acids is 1. The van der Waals surface area contributed by atoms with Crippen LogP contribution in [0.4, 0.5) is 0 Å². The maximum absolute atomic E-state index is 11.3. The van der Waals surface area contributed by atoms with E-state index in [1.165, 1.54) is 4.90 Å². The Hall–Kier alpha value is -1.04. The molecule has 0 aliphatic carbocycles. The monoisotopic (exact) mass is 254 g/mol. The van der Waals surface area contributed by atoms with Gasteiger partial charge in [0.15, 0.2) is 0 Å². The number of benzene rings is 1. The van der Waals surface area contributed by atoms with Crippen LogP contribution in [0.5, 0.6) is 0 Å². The summed E-state index contributed by atoms with van der Waals surface area (Å²) in [5, 5.41) is 1.60. The maximum Gasteiger partial charge on any atom is 0.260 e. The van der Waals surface area contributed by atoms with Gasteiger partial charge in [-0.1, -0.05) is 12.1 Å². The summed E-state index contributed by atoms with van der Waals surface area (Å²) in [6.45, 7) is 0.526. The number of amides is 1. The molecule has 0 bridgehead atoms. The minimum absolute atomic E-state index is 0.0719. The lowest BCUT2D eigenvalue weighted by atomic mass is 10.2. The van der Waals surface area contributed by atoms with E-state index in [1.807, 2.05) is 30.5 Å². The molecule has 1 rings (SSSR count). The molecule has 0 saturated carbocycles. The van der Waals surface area contributed by atoms with Gasteiger partial charge in [-0.2, -0.15) is 0 Å². The Bertz CT molecular complexity index is 352. The summed E-state index contributed by atoms with van der Waals surface area (Å²) in [6, 6.07) is 8.11. The molecule has 0 spiro atoms. The van der Waals surface area contributed by atoms with Crippen molar-refractivity contribution in [3.63, 3.8) is 0 Å². The number of thioether (sulfide) groups is 1. The number of nitrogens with one attached hydrogen (secondary N) is 1. The van der Waals surface area contributed by atoms with Crippen molar-refractivity contribution in [2.75, 3.05) is 27.0 Å². The maximum atomic E-state index is 11.3. The summed E-state index contributed by atoms with van der Waals surface area (Å²) in [5.74, 6) is -0.143. The molecule has 1 aromatic rings. The van der Waals surface area contributed by atoms with Crippen LogP contribution in [0.3, 0.4) is 0 Å². The molecule has 5 heteroatoms. The van der Waals surface area contributed by atoms with E-state index in [0.29, 0.717) is 6.61 Å². The molecule has 0 unspecified atom stereocenters. The van der Waals surface area contributed by atoms with Gasteiger partial charge in [0.1, 0.15) is 6.61 Å². The minimum atomic E-state index is -0.143. The highest BCUT2D eigenvalue weighted by Crippen LogP contribution is 2.15. The predicted octanol–water partition coefficient (Wildman–Crippen LogP) is 1.52. The third-order valence-electron chi connectivity index (χ3n) is 2.01. The molecule has 1 aromatic carbocycles. The summed E-state index contributed by atoms with van der Waals surface area (Å²) in [5.41, 5.74) is 3.68. The summed E-state index contributed by atoms with van der Waals surface area (Å²) >= 11 is 1.70. The second-order valence-corrected chi connectivity index (χ2v) is 4.65. The number of rotatable bonds is 6. The number of ether oxygens (including phenoxy) is 1. The molecule has 94 valence electrons. The van der Waals surface area contributed by atoms with Crippen LogP contribution in [0.1, 0.15) is 5.56 Å². The minimum Gasteiger partial charge on any atom is -0.367 e. The van der Waals surface area contributed by atoms with Crippen LogP contribution < -0.4 is 5.43 Å². The van der Waals surface area contributed by atoms with Crippen LogP contribution in [-0.4, -0.2) is 37.9 Å². The van der Waals surface area contributed by atoms with Crippen LogP contribution >= 0.6 is 11.8 Å². The van der Waals surface area contributed by atoms with E-state index < -0.39 is 0 Å². The van der Waals surface area contributed by atoms with E-state index in [9.17, 15) is 4.79 Å². The topological polar surface area (TPSA) is 41.6 Å². The van der Waals surface area contributed by atoms with E-state index in [2.05, 4.69) is 5.43 Å². The van der Waals surface area contributed by atoms with Gasteiger partial charge in [-0.05, 0) is 24.0 Å². The van der Waals surface area contributed by atoms with Crippen molar-refractivity contribution in [2.24, 2.45) is 0 Å². The SMILES string of the molecule is CSc1ccc(COCC(=O)NN(C)C)cc1. The first-order valence-corrected chi connectivity index (χ1v) is 6.52. The van der Waals surface area contributed by atoms with Crippen LogP contribution in [-0.2, 0) is 16.1 Å². The fourth-order valence-electron chi connectivity index (χ4n) is 1.27. The first-order valence-electron chi connectivity index (χ1n) is 5.29. The fraction of sp³-hybridized carbons (Fsp3) is 0.417. The zero-order valence-electron chi connectivity index (χ0n) is 10.4. The highest BCUT2D eigenvalue weighted by atomic mass is 32.2. The molecule has 1 amide bonds. The molecule has 1 N–H and O–H groups in total. The van der Waals surface area contributed by atoms with E-state index in [1.54, 1.807) is 30.9 Å². The van der Waals surface area contributed by atoms with Crippen molar-refractivity contribution < 1.29 is 9.53 Å². The van der Waals surface area contributed by atoms with E-state index in [4.69, 9.17) is 4.74 Å². The number of carbonyl (C=O) groups is 1. The van der Waals surface area contributed by atoms with E-state index in [0.717, 1.165) is 5.56 Å². The van der Waals surface area contributed by atoms with Gasteiger partial charge in [0, 0.05) is 19.0 Å². The van der Waals surface area contributed by atoms with Crippen molar-refractivity contribution in [1.82, 2.24) is 10.4 Å². The molecule has 0 saturated heterocycles. The third-order valence-corrected chi connectivity index (χ3v) is 2.75. The average Bonchev–Trinajstić information content (AvgIpc) is 2.29. The van der Waals surface area contributed by atoms with Crippen LogP contribution in [0.25, 0.3) is 0 Å². The summed E-state index contributed by atoms with van der Waals surface area (Å²) in [6.07, 6.45) is 2.04. The van der Waals surface area contributed by atoms with Gasteiger partial charge < -0.3 is 4.74 Å². The van der Waals surface area contributed by atoms with E-state index >= 15 is 0 Å². The zero-order valence-corrected chi connectivity index (χ0v) is 11.2. The second kappa shape index (κ2) is 7.32. The highest BCUT2D eigenvalue weighted by Gasteiger charge is 2.02. The van der Waals surface area contributed by atoms with Crippen LogP contribution in [0.15, 0.2) is 29.2 Å². The quantitative estimate of drug-likeness (QED) is 0.617. The number of hydrazine groups is 1. The normalized spacial score (nSPS) is 10.6. The Kier molecular flexibility index (Phi) is 6.04. The van der Waals surface area contributed by atoms with Gasteiger partial charge in [0.2, 0.25) is 0 Å². The van der Waals surface area contributed by atoms with Gasteiger partial charge in [0.05, 0.1) is 6.61 Å². The molecule has 0 atom stereocenters.